The van der Waals surface area contributed by atoms with Crippen molar-refractivity contribution in [3.05, 3.63) is 41.7 Å². The molecule has 0 amide bonds. The molecule has 0 radical (unpaired) electrons. The van der Waals surface area contributed by atoms with Crippen molar-refractivity contribution in [2.24, 2.45) is 7.05 Å². The monoisotopic (exact) mass is 287 g/mol. The van der Waals surface area contributed by atoms with E-state index in [1.807, 2.05) is 0 Å². The number of benzene rings is 1. The third-order valence-electron chi connectivity index (χ3n) is 2.43. The van der Waals surface area contributed by atoms with Crippen molar-refractivity contribution < 1.29 is 17.2 Å². The van der Waals surface area contributed by atoms with Gasteiger partial charge in [-0.1, -0.05) is 0 Å². The molecule has 0 bridgehead atoms. The average molecular weight is 287 g/mol. The summed E-state index contributed by atoms with van der Waals surface area (Å²) < 4.78 is 53.7. The summed E-state index contributed by atoms with van der Waals surface area (Å²) in [7, 11) is -2.38. The predicted octanol–water partition coefficient (Wildman–Crippen LogP) is 1.81. The molecule has 102 valence electrons. The number of rotatable bonds is 3. The number of anilines is 1. The maximum Gasteiger partial charge on any atom is 0.265 e. The number of aromatic nitrogens is 2. The summed E-state index contributed by atoms with van der Waals surface area (Å²) in [6.45, 7) is 1.52. The lowest BCUT2D eigenvalue weighted by molar-refractivity contribution is 0.582. The Morgan fingerprint density at radius 3 is 2.53 bits per heavy atom. The zero-order valence-electron chi connectivity index (χ0n) is 10.2. The Morgan fingerprint density at radius 1 is 1.32 bits per heavy atom. The van der Waals surface area contributed by atoms with Crippen molar-refractivity contribution in [1.82, 2.24) is 9.78 Å². The standard InChI is InChI=1S/C11H11F2N3O2S/c1-7-11(6-16(2)14-7)19(17,18)15-10-4-3-8(12)5-9(10)13/h3-6,15H,1-2H3. The normalized spacial score (nSPS) is 11.6. The van der Waals surface area contributed by atoms with Crippen molar-refractivity contribution in [2.75, 3.05) is 4.72 Å². The molecule has 0 aliphatic carbocycles. The molecule has 8 heteroatoms. The summed E-state index contributed by atoms with van der Waals surface area (Å²) in [6.07, 6.45) is 1.30. The largest absolute Gasteiger partial charge is 0.277 e. The first-order valence-electron chi connectivity index (χ1n) is 5.28. The molecule has 0 fully saturated rings. The number of nitrogens with zero attached hydrogens (tertiary/aromatic N) is 2. The van der Waals surface area contributed by atoms with E-state index in [1.165, 1.54) is 17.8 Å². The summed E-state index contributed by atoms with van der Waals surface area (Å²) in [5, 5.41) is 3.90. The van der Waals surface area contributed by atoms with Gasteiger partial charge in [-0.3, -0.25) is 9.40 Å². The highest BCUT2D eigenvalue weighted by Gasteiger charge is 2.21. The second-order valence-corrected chi connectivity index (χ2v) is 5.63. The molecule has 2 aromatic rings. The average Bonchev–Trinajstić information content (AvgIpc) is 2.63. The Kier molecular flexibility index (Phi) is 3.27. The van der Waals surface area contributed by atoms with Crippen molar-refractivity contribution >= 4 is 15.7 Å². The van der Waals surface area contributed by atoms with Crippen molar-refractivity contribution in [1.29, 1.82) is 0 Å². The second-order valence-electron chi connectivity index (χ2n) is 3.98. The predicted molar refractivity (Wildman–Crippen MR) is 65.1 cm³/mol. The molecule has 1 heterocycles. The van der Waals surface area contributed by atoms with Gasteiger partial charge in [0, 0.05) is 19.3 Å². The van der Waals surface area contributed by atoms with Gasteiger partial charge in [-0.2, -0.15) is 5.10 Å². The van der Waals surface area contributed by atoms with Gasteiger partial charge in [0.2, 0.25) is 0 Å². The first-order valence-corrected chi connectivity index (χ1v) is 6.76. The number of sulfonamides is 1. The van der Waals surface area contributed by atoms with E-state index in [0.29, 0.717) is 6.07 Å². The lowest BCUT2D eigenvalue weighted by Gasteiger charge is -2.07. The fourth-order valence-corrected chi connectivity index (χ4v) is 2.90. The van der Waals surface area contributed by atoms with Gasteiger partial charge in [-0.15, -0.1) is 0 Å². The number of nitrogens with one attached hydrogen (secondary N) is 1. The molecular formula is C11H11F2N3O2S. The van der Waals surface area contributed by atoms with Gasteiger partial charge in [0.25, 0.3) is 10.0 Å². The van der Waals surface area contributed by atoms with E-state index in [1.54, 1.807) is 7.05 Å². The zero-order chi connectivity index (χ0) is 14.2. The van der Waals surface area contributed by atoms with Crippen LogP contribution in [0.5, 0.6) is 0 Å². The summed E-state index contributed by atoms with van der Waals surface area (Å²) in [4.78, 5) is -0.0567. The van der Waals surface area contributed by atoms with E-state index in [0.717, 1.165) is 12.1 Å². The highest BCUT2D eigenvalue weighted by molar-refractivity contribution is 7.92. The summed E-state index contributed by atoms with van der Waals surface area (Å²) in [5.74, 6) is -1.76. The summed E-state index contributed by atoms with van der Waals surface area (Å²) in [5.41, 5.74) is -0.0258. The molecule has 0 saturated heterocycles. The van der Waals surface area contributed by atoms with Crippen LogP contribution in [0.3, 0.4) is 0 Å². The minimum atomic E-state index is -3.95. The van der Waals surface area contributed by atoms with E-state index in [-0.39, 0.29) is 16.3 Å². The van der Waals surface area contributed by atoms with E-state index in [9.17, 15) is 17.2 Å². The quantitative estimate of drug-likeness (QED) is 0.936. The number of hydrogen-bond donors (Lipinski definition) is 1. The third kappa shape index (κ3) is 2.73. The number of aryl methyl sites for hydroxylation is 2. The van der Waals surface area contributed by atoms with Crippen LogP contribution in [0.4, 0.5) is 14.5 Å². The van der Waals surface area contributed by atoms with Crippen LogP contribution in [-0.2, 0) is 17.1 Å². The maximum atomic E-state index is 13.4. The smallest absolute Gasteiger partial charge is 0.265 e. The van der Waals surface area contributed by atoms with Crippen LogP contribution in [0.1, 0.15) is 5.69 Å². The molecular weight excluding hydrogens is 276 g/mol. The molecule has 0 atom stereocenters. The van der Waals surface area contributed by atoms with Gasteiger partial charge < -0.3 is 0 Å². The van der Waals surface area contributed by atoms with Crippen LogP contribution in [0.2, 0.25) is 0 Å². The summed E-state index contributed by atoms with van der Waals surface area (Å²) in [6, 6.07) is 2.60. The molecule has 1 aromatic heterocycles. The van der Waals surface area contributed by atoms with E-state index < -0.39 is 21.7 Å². The molecule has 1 aromatic carbocycles. The molecule has 2 rings (SSSR count). The summed E-state index contributed by atoms with van der Waals surface area (Å²) >= 11 is 0. The lowest BCUT2D eigenvalue weighted by atomic mass is 10.3. The highest BCUT2D eigenvalue weighted by atomic mass is 32.2. The fraction of sp³-hybridized carbons (Fsp3) is 0.182. The van der Waals surface area contributed by atoms with Gasteiger partial charge in [-0.05, 0) is 19.1 Å². The first kappa shape index (κ1) is 13.5. The van der Waals surface area contributed by atoms with Crippen LogP contribution >= 0.6 is 0 Å². The van der Waals surface area contributed by atoms with Gasteiger partial charge in [0.15, 0.2) is 0 Å². The Morgan fingerprint density at radius 2 is 2.00 bits per heavy atom. The third-order valence-corrected chi connectivity index (χ3v) is 3.90. The van der Waals surface area contributed by atoms with Gasteiger partial charge in [-0.25, -0.2) is 17.2 Å². The number of hydrogen-bond acceptors (Lipinski definition) is 3. The minimum absolute atomic E-state index is 0.0567. The van der Waals surface area contributed by atoms with E-state index >= 15 is 0 Å². The van der Waals surface area contributed by atoms with Crippen molar-refractivity contribution in [3.63, 3.8) is 0 Å². The minimum Gasteiger partial charge on any atom is -0.277 e. The SMILES string of the molecule is Cc1nn(C)cc1S(=O)(=O)Nc1ccc(F)cc1F. The topological polar surface area (TPSA) is 64.0 Å². The van der Waals surface area contributed by atoms with Crippen molar-refractivity contribution in [2.45, 2.75) is 11.8 Å². The van der Waals surface area contributed by atoms with Crippen LogP contribution in [0.25, 0.3) is 0 Å². The van der Waals surface area contributed by atoms with Crippen molar-refractivity contribution in [3.8, 4) is 0 Å². The fourth-order valence-electron chi connectivity index (χ4n) is 1.61. The molecule has 0 spiro atoms. The Labute approximate surface area is 108 Å². The maximum absolute atomic E-state index is 13.4. The van der Waals surface area contributed by atoms with Crippen LogP contribution in [-0.4, -0.2) is 18.2 Å². The zero-order valence-corrected chi connectivity index (χ0v) is 11.0. The second kappa shape index (κ2) is 4.61. The molecule has 0 unspecified atom stereocenters. The van der Waals surface area contributed by atoms with E-state index in [4.69, 9.17) is 0 Å². The lowest BCUT2D eigenvalue weighted by Crippen LogP contribution is -2.14. The Bertz CT molecular complexity index is 726. The Balaban J connectivity index is 2.39. The van der Waals surface area contributed by atoms with Gasteiger partial charge in [0.05, 0.1) is 11.4 Å². The molecule has 1 N–H and O–H groups in total. The van der Waals surface area contributed by atoms with Crippen LogP contribution in [0.15, 0.2) is 29.3 Å². The molecule has 19 heavy (non-hydrogen) atoms. The van der Waals surface area contributed by atoms with Crippen LogP contribution in [0, 0.1) is 18.6 Å². The Hall–Kier alpha value is -1.96. The molecule has 0 aliphatic rings. The van der Waals surface area contributed by atoms with Crippen LogP contribution < -0.4 is 4.72 Å². The molecule has 0 aliphatic heterocycles. The first-order chi connectivity index (χ1) is 8.79. The van der Waals surface area contributed by atoms with Gasteiger partial charge >= 0.3 is 0 Å². The van der Waals surface area contributed by atoms with Gasteiger partial charge in [0.1, 0.15) is 16.5 Å². The van der Waals surface area contributed by atoms with E-state index in [2.05, 4.69) is 9.82 Å². The molecule has 5 nitrogen and oxygen atoms in total. The number of halogens is 2. The molecule has 0 saturated carbocycles. The highest BCUT2D eigenvalue weighted by Crippen LogP contribution is 2.21.